The molecule has 4 nitrogen and oxygen atoms in total. The first-order valence-corrected chi connectivity index (χ1v) is 7.26. The number of ether oxygens (including phenoxy) is 1. The van der Waals surface area contributed by atoms with Crippen molar-refractivity contribution in [3.8, 4) is 5.75 Å². The summed E-state index contributed by atoms with van der Waals surface area (Å²) >= 11 is 0. The Balaban J connectivity index is 1.98. The van der Waals surface area contributed by atoms with Crippen molar-refractivity contribution in [2.45, 2.75) is 0 Å². The van der Waals surface area contributed by atoms with Gasteiger partial charge in [0.1, 0.15) is 11.3 Å². The summed E-state index contributed by atoms with van der Waals surface area (Å²) in [5.74, 6) is 0.297. The van der Waals surface area contributed by atoms with Crippen LogP contribution in [0.4, 0.5) is 5.69 Å². The van der Waals surface area contributed by atoms with Gasteiger partial charge in [-0.25, -0.2) is 0 Å². The maximum absolute atomic E-state index is 12.7. The number of nitrogens with zero attached hydrogens (tertiary/aromatic N) is 1. The average molecular weight is 303 g/mol. The van der Waals surface area contributed by atoms with E-state index in [2.05, 4.69) is 0 Å². The minimum atomic E-state index is -0.256. The highest BCUT2D eigenvalue weighted by Gasteiger charge is 2.37. The average Bonchev–Trinajstić information content (AvgIpc) is 2.85. The molecule has 0 unspecified atom stereocenters. The van der Waals surface area contributed by atoms with E-state index in [4.69, 9.17) is 4.74 Å². The molecular weight excluding hydrogens is 290 g/mol. The molecule has 3 aromatic carbocycles. The lowest BCUT2D eigenvalue weighted by atomic mass is 9.97. The smallest absolute Gasteiger partial charge is 0.273 e. The molecule has 0 atom stereocenters. The van der Waals surface area contributed by atoms with Crippen LogP contribution >= 0.6 is 0 Å². The Morgan fingerprint density at radius 1 is 0.957 bits per heavy atom. The molecule has 3 aromatic rings. The maximum Gasteiger partial charge on any atom is 0.273 e. The van der Waals surface area contributed by atoms with E-state index < -0.39 is 0 Å². The van der Waals surface area contributed by atoms with Crippen molar-refractivity contribution < 1.29 is 14.3 Å². The summed E-state index contributed by atoms with van der Waals surface area (Å²) < 4.78 is 5.86. The number of carbonyl (C=O) groups is 1. The zero-order chi connectivity index (χ0) is 16.0. The standard InChI is InChI=1S/C19H13NO3/c1-23-13-9-10-16-17(11-13)20(22)18(19(16)21)15-8-4-6-12-5-2-3-7-14(12)15/h2-11H,1H3. The van der Waals surface area contributed by atoms with Crippen molar-refractivity contribution in [3.63, 3.8) is 0 Å². The van der Waals surface area contributed by atoms with E-state index in [9.17, 15) is 10.0 Å². The quantitative estimate of drug-likeness (QED) is 0.536. The van der Waals surface area contributed by atoms with E-state index in [-0.39, 0.29) is 11.5 Å². The van der Waals surface area contributed by atoms with Gasteiger partial charge in [0.2, 0.25) is 5.69 Å². The highest BCUT2D eigenvalue weighted by Crippen LogP contribution is 2.33. The largest absolute Gasteiger partial charge is 0.618 e. The Labute approximate surface area is 132 Å². The van der Waals surface area contributed by atoms with E-state index in [1.165, 1.54) is 7.11 Å². The van der Waals surface area contributed by atoms with Gasteiger partial charge in [0.05, 0.1) is 18.7 Å². The fourth-order valence-corrected chi connectivity index (χ4v) is 3.00. The molecule has 4 rings (SSSR count). The maximum atomic E-state index is 12.7. The number of fused-ring (bicyclic) bond motifs is 2. The van der Waals surface area contributed by atoms with Crippen LogP contribution in [0.25, 0.3) is 10.8 Å². The molecular formula is C19H13NO3. The molecule has 1 aliphatic heterocycles. The van der Waals surface area contributed by atoms with Gasteiger partial charge in [-0.1, -0.05) is 36.4 Å². The van der Waals surface area contributed by atoms with Gasteiger partial charge >= 0.3 is 0 Å². The highest BCUT2D eigenvalue weighted by molar-refractivity contribution is 6.53. The van der Waals surface area contributed by atoms with Crippen LogP contribution in [0.3, 0.4) is 0 Å². The van der Waals surface area contributed by atoms with E-state index >= 15 is 0 Å². The predicted octanol–water partition coefficient (Wildman–Crippen LogP) is 3.68. The van der Waals surface area contributed by atoms with E-state index in [0.717, 1.165) is 10.8 Å². The molecule has 4 heteroatoms. The Morgan fingerprint density at radius 3 is 2.57 bits per heavy atom. The number of rotatable bonds is 2. The zero-order valence-corrected chi connectivity index (χ0v) is 12.4. The second-order valence-corrected chi connectivity index (χ2v) is 5.38. The van der Waals surface area contributed by atoms with E-state index in [1.807, 2.05) is 42.5 Å². The number of carbonyl (C=O) groups excluding carboxylic acids is 1. The minimum absolute atomic E-state index is 0.157. The lowest BCUT2D eigenvalue weighted by molar-refractivity contribution is -0.355. The monoisotopic (exact) mass is 303 g/mol. The van der Waals surface area contributed by atoms with Crippen molar-refractivity contribution in [1.29, 1.82) is 0 Å². The summed E-state index contributed by atoms with van der Waals surface area (Å²) in [7, 11) is 1.53. The molecule has 0 aromatic heterocycles. The number of ketones is 1. The zero-order valence-electron chi connectivity index (χ0n) is 12.4. The summed E-state index contributed by atoms with van der Waals surface area (Å²) in [5, 5.41) is 14.6. The first-order valence-electron chi connectivity index (χ1n) is 7.26. The molecule has 1 heterocycles. The molecule has 23 heavy (non-hydrogen) atoms. The third kappa shape index (κ3) is 1.92. The lowest BCUT2D eigenvalue weighted by Gasteiger charge is -2.06. The Bertz CT molecular complexity index is 984. The molecule has 0 N–H and O–H groups in total. The molecule has 0 amide bonds. The normalized spacial score (nSPS) is 13.5. The minimum Gasteiger partial charge on any atom is -0.618 e. The Hall–Kier alpha value is -3.14. The van der Waals surface area contributed by atoms with Gasteiger partial charge in [0.25, 0.3) is 11.5 Å². The number of hydrogen-bond donors (Lipinski definition) is 0. The molecule has 0 spiro atoms. The van der Waals surface area contributed by atoms with E-state index in [1.54, 1.807) is 18.2 Å². The summed E-state index contributed by atoms with van der Waals surface area (Å²) in [6, 6.07) is 18.3. The van der Waals surface area contributed by atoms with Crippen molar-refractivity contribution >= 4 is 28.0 Å². The first kappa shape index (κ1) is 13.5. The molecule has 0 bridgehead atoms. The molecule has 0 radical (unpaired) electrons. The summed E-state index contributed by atoms with van der Waals surface area (Å²) in [6.45, 7) is 0. The number of hydrogen-bond acceptors (Lipinski definition) is 3. The van der Waals surface area contributed by atoms with Crippen LogP contribution in [0.15, 0.2) is 60.7 Å². The van der Waals surface area contributed by atoms with Crippen LogP contribution in [0.1, 0.15) is 15.9 Å². The topological polar surface area (TPSA) is 52.4 Å². The van der Waals surface area contributed by atoms with Gasteiger partial charge in [0.15, 0.2) is 0 Å². The third-order valence-corrected chi connectivity index (χ3v) is 4.13. The molecule has 0 aliphatic carbocycles. The van der Waals surface area contributed by atoms with Crippen LogP contribution in [-0.4, -0.2) is 23.3 Å². The van der Waals surface area contributed by atoms with Crippen LogP contribution in [0.5, 0.6) is 5.75 Å². The molecule has 112 valence electrons. The van der Waals surface area contributed by atoms with Gasteiger partial charge in [-0.15, -0.1) is 0 Å². The Morgan fingerprint density at radius 2 is 1.74 bits per heavy atom. The summed E-state index contributed by atoms with van der Waals surface area (Å²) in [4.78, 5) is 12.7. The van der Waals surface area contributed by atoms with Crippen molar-refractivity contribution in [2.24, 2.45) is 0 Å². The van der Waals surface area contributed by atoms with Gasteiger partial charge in [-0.2, -0.15) is 4.74 Å². The van der Waals surface area contributed by atoms with Crippen LogP contribution < -0.4 is 4.74 Å². The summed E-state index contributed by atoms with van der Waals surface area (Å²) in [6.07, 6.45) is 0. The molecule has 1 aliphatic rings. The van der Waals surface area contributed by atoms with Crippen LogP contribution in [0.2, 0.25) is 0 Å². The highest BCUT2D eigenvalue weighted by atomic mass is 16.5. The molecule has 0 fully saturated rings. The second kappa shape index (κ2) is 4.95. The fourth-order valence-electron chi connectivity index (χ4n) is 3.00. The SMILES string of the molecule is COc1ccc2c(c1)[N+]([O-])=C(c1cccc3ccccc13)C2=O. The molecule has 0 saturated carbocycles. The Kier molecular flexibility index (Phi) is 2.91. The van der Waals surface area contributed by atoms with Crippen molar-refractivity contribution in [2.75, 3.05) is 7.11 Å². The number of methoxy groups -OCH3 is 1. The molecule has 0 saturated heterocycles. The predicted molar refractivity (Wildman–Crippen MR) is 88.7 cm³/mol. The van der Waals surface area contributed by atoms with E-state index in [0.29, 0.717) is 27.3 Å². The fraction of sp³-hybridized carbons (Fsp3) is 0.0526. The lowest BCUT2D eigenvalue weighted by Crippen LogP contribution is -2.16. The number of benzene rings is 3. The van der Waals surface area contributed by atoms with Crippen LogP contribution in [0, 0.1) is 5.21 Å². The second-order valence-electron chi connectivity index (χ2n) is 5.38. The summed E-state index contributed by atoms with van der Waals surface area (Å²) in [5.41, 5.74) is 1.55. The van der Waals surface area contributed by atoms with Crippen LogP contribution in [-0.2, 0) is 0 Å². The van der Waals surface area contributed by atoms with Gasteiger partial charge in [-0.05, 0) is 29.0 Å². The number of Topliss-reactive ketones (excluding diaryl/α,β-unsaturated/α-hetero) is 1. The first-order chi connectivity index (χ1) is 11.2. The van der Waals surface area contributed by atoms with Gasteiger partial charge < -0.3 is 9.94 Å². The van der Waals surface area contributed by atoms with Crippen molar-refractivity contribution in [1.82, 2.24) is 0 Å². The third-order valence-electron chi connectivity index (χ3n) is 4.13. The van der Waals surface area contributed by atoms with Gasteiger partial charge in [-0.3, -0.25) is 4.79 Å². The van der Waals surface area contributed by atoms with Crippen molar-refractivity contribution in [3.05, 3.63) is 77.0 Å². The van der Waals surface area contributed by atoms with Gasteiger partial charge in [0, 0.05) is 0 Å².